The molecule has 144 valence electrons. The van der Waals surface area contributed by atoms with Gasteiger partial charge in [0, 0.05) is 11.1 Å². The van der Waals surface area contributed by atoms with Gasteiger partial charge in [0.15, 0.2) is 12.8 Å². The third-order valence-electron chi connectivity index (χ3n) is 5.21. The molecule has 0 amide bonds. The minimum absolute atomic E-state index is 0.0477. The molecule has 4 aromatic rings. The highest BCUT2D eigenvalue weighted by atomic mass is 16.3. The number of fused-ring (bicyclic) bond motifs is 1. The molecular formula is C24H26N2O2. The lowest BCUT2D eigenvalue weighted by Gasteiger charge is -2.26. The molecule has 4 nitrogen and oxygen atoms in total. The Morgan fingerprint density at radius 3 is 1.89 bits per heavy atom. The first-order chi connectivity index (χ1) is 13.2. The maximum Gasteiger partial charge on any atom is 0.181 e. The summed E-state index contributed by atoms with van der Waals surface area (Å²) in [5.41, 5.74) is 6.33. The van der Waals surface area contributed by atoms with Crippen molar-refractivity contribution >= 4 is 10.8 Å². The summed E-state index contributed by atoms with van der Waals surface area (Å²) in [6, 6.07) is 8.93. The molecule has 0 fully saturated rings. The SMILES string of the molecule is CC(C)(C)c1ccc2c(-c3cocn3)c(C(C)(C)C)cc(-c3cocn3)c2c1. The standard InChI is InChI=1S/C24H26N2O2/c1-23(2,3)15-7-8-16-17(9-15)18(20-11-27-13-25-20)10-19(24(4,5)6)22(16)21-12-28-14-26-21/h7-14H,1-6H3. The Kier molecular flexibility index (Phi) is 4.18. The van der Waals surface area contributed by atoms with Crippen molar-refractivity contribution in [3.05, 3.63) is 60.7 Å². The van der Waals surface area contributed by atoms with Gasteiger partial charge in [0.25, 0.3) is 0 Å². The molecule has 0 saturated heterocycles. The summed E-state index contributed by atoms with van der Waals surface area (Å²) < 4.78 is 10.6. The van der Waals surface area contributed by atoms with E-state index in [-0.39, 0.29) is 10.8 Å². The Labute approximate surface area is 165 Å². The lowest BCUT2D eigenvalue weighted by molar-refractivity contribution is 0.557. The molecule has 0 aliphatic carbocycles. The number of nitrogens with zero attached hydrogens (tertiary/aromatic N) is 2. The van der Waals surface area contributed by atoms with Crippen molar-refractivity contribution in [3.8, 4) is 22.5 Å². The summed E-state index contributed by atoms with van der Waals surface area (Å²) in [6.45, 7) is 13.3. The van der Waals surface area contributed by atoms with E-state index >= 15 is 0 Å². The van der Waals surface area contributed by atoms with E-state index in [0.717, 1.165) is 33.3 Å². The third kappa shape index (κ3) is 3.13. The fourth-order valence-electron chi connectivity index (χ4n) is 3.65. The van der Waals surface area contributed by atoms with Crippen LogP contribution in [-0.4, -0.2) is 9.97 Å². The topological polar surface area (TPSA) is 52.1 Å². The molecule has 0 spiro atoms. The highest BCUT2D eigenvalue weighted by molar-refractivity contribution is 6.06. The maximum absolute atomic E-state index is 5.33. The Morgan fingerprint density at radius 2 is 1.36 bits per heavy atom. The zero-order chi connectivity index (χ0) is 20.1. The maximum atomic E-state index is 5.33. The van der Waals surface area contributed by atoms with Crippen molar-refractivity contribution in [3.63, 3.8) is 0 Å². The molecule has 2 heterocycles. The molecule has 2 aromatic carbocycles. The molecule has 0 atom stereocenters. The van der Waals surface area contributed by atoms with E-state index in [1.807, 2.05) is 0 Å². The van der Waals surface area contributed by atoms with Crippen LogP contribution in [0.15, 0.2) is 58.4 Å². The van der Waals surface area contributed by atoms with Gasteiger partial charge in [-0.25, -0.2) is 9.97 Å². The molecule has 0 bridgehead atoms. The van der Waals surface area contributed by atoms with Crippen LogP contribution in [-0.2, 0) is 10.8 Å². The highest BCUT2D eigenvalue weighted by Gasteiger charge is 2.26. The van der Waals surface area contributed by atoms with Crippen LogP contribution in [0.4, 0.5) is 0 Å². The lowest BCUT2D eigenvalue weighted by atomic mass is 9.78. The quantitative estimate of drug-likeness (QED) is 0.389. The number of rotatable bonds is 2. The van der Waals surface area contributed by atoms with E-state index in [0.29, 0.717) is 0 Å². The summed E-state index contributed by atoms with van der Waals surface area (Å²) in [7, 11) is 0. The van der Waals surface area contributed by atoms with Crippen LogP contribution in [0.3, 0.4) is 0 Å². The second kappa shape index (κ2) is 6.33. The minimum atomic E-state index is -0.0797. The summed E-state index contributed by atoms with van der Waals surface area (Å²) in [5.74, 6) is 0. The van der Waals surface area contributed by atoms with Crippen molar-refractivity contribution in [2.45, 2.75) is 52.4 Å². The van der Waals surface area contributed by atoms with E-state index in [1.54, 1.807) is 12.5 Å². The third-order valence-corrected chi connectivity index (χ3v) is 5.21. The van der Waals surface area contributed by atoms with Crippen molar-refractivity contribution in [1.29, 1.82) is 0 Å². The summed E-state index contributed by atoms with van der Waals surface area (Å²) >= 11 is 0. The van der Waals surface area contributed by atoms with E-state index < -0.39 is 0 Å². The Bertz CT molecular complexity index is 1110. The first-order valence-corrected chi connectivity index (χ1v) is 9.55. The summed E-state index contributed by atoms with van der Waals surface area (Å²) in [4.78, 5) is 8.92. The van der Waals surface area contributed by atoms with Crippen LogP contribution in [0.5, 0.6) is 0 Å². The monoisotopic (exact) mass is 374 g/mol. The summed E-state index contributed by atoms with van der Waals surface area (Å²) in [6.07, 6.45) is 6.40. The zero-order valence-electron chi connectivity index (χ0n) is 17.3. The van der Waals surface area contributed by atoms with E-state index in [1.165, 1.54) is 23.9 Å². The molecule has 0 radical (unpaired) electrons. The molecule has 2 aromatic heterocycles. The largest absolute Gasteiger partial charge is 0.451 e. The smallest absolute Gasteiger partial charge is 0.181 e. The fraction of sp³-hybridized carbons (Fsp3) is 0.333. The molecule has 0 saturated carbocycles. The van der Waals surface area contributed by atoms with Crippen molar-refractivity contribution < 1.29 is 8.83 Å². The van der Waals surface area contributed by atoms with Gasteiger partial charge in [0.2, 0.25) is 0 Å². The zero-order valence-corrected chi connectivity index (χ0v) is 17.3. The van der Waals surface area contributed by atoms with Crippen LogP contribution in [0.2, 0.25) is 0 Å². The average Bonchev–Trinajstić information content (AvgIpc) is 3.32. The predicted octanol–water partition coefficient (Wildman–Crippen LogP) is 6.74. The minimum Gasteiger partial charge on any atom is -0.451 e. The van der Waals surface area contributed by atoms with Crippen molar-refractivity contribution in [1.82, 2.24) is 9.97 Å². The van der Waals surface area contributed by atoms with Crippen molar-refractivity contribution in [2.75, 3.05) is 0 Å². The van der Waals surface area contributed by atoms with E-state index in [2.05, 4.69) is 75.8 Å². The molecule has 0 unspecified atom stereocenters. The molecule has 28 heavy (non-hydrogen) atoms. The van der Waals surface area contributed by atoms with Gasteiger partial charge < -0.3 is 8.83 Å². The van der Waals surface area contributed by atoms with Crippen molar-refractivity contribution in [2.24, 2.45) is 0 Å². The van der Waals surface area contributed by atoms with Crippen LogP contribution < -0.4 is 0 Å². The van der Waals surface area contributed by atoms with Gasteiger partial charge in [0.1, 0.15) is 23.9 Å². The first kappa shape index (κ1) is 18.5. The Hall–Kier alpha value is -2.88. The number of hydrogen-bond acceptors (Lipinski definition) is 4. The normalized spacial score (nSPS) is 12.6. The number of hydrogen-bond donors (Lipinski definition) is 0. The number of benzene rings is 2. The molecule has 0 aliphatic rings. The van der Waals surface area contributed by atoms with Gasteiger partial charge in [-0.05, 0) is 44.9 Å². The number of aromatic nitrogens is 2. The second-order valence-corrected chi connectivity index (χ2v) is 9.35. The van der Waals surface area contributed by atoms with E-state index in [9.17, 15) is 0 Å². The van der Waals surface area contributed by atoms with Crippen LogP contribution in [0, 0.1) is 0 Å². The van der Waals surface area contributed by atoms with Crippen LogP contribution in [0.1, 0.15) is 52.7 Å². The van der Waals surface area contributed by atoms with Gasteiger partial charge in [0.05, 0.1) is 0 Å². The molecule has 4 heteroatoms. The van der Waals surface area contributed by atoms with Gasteiger partial charge in [-0.3, -0.25) is 0 Å². The molecular weight excluding hydrogens is 348 g/mol. The van der Waals surface area contributed by atoms with Gasteiger partial charge in [-0.15, -0.1) is 0 Å². The summed E-state index contributed by atoms with van der Waals surface area (Å²) in [5, 5.41) is 2.29. The van der Waals surface area contributed by atoms with Gasteiger partial charge in [-0.1, -0.05) is 53.7 Å². The van der Waals surface area contributed by atoms with Gasteiger partial charge in [-0.2, -0.15) is 0 Å². The molecule has 0 N–H and O–H groups in total. The van der Waals surface area contributed by atoms with E-state index in [4.69, 9.17) is 8.83 Å². The van der Waals surface area contributed by atoms with Crippen LogP contribution in [0.25, 0.3) is 33.3 Å². The van der Waals surface area contributed by atoms with Gasteiger partial charge >= 0.3 is 0 Å². The fourth-order valence-corrected chi connectivity index (χ4v) is 3.65. The Balaban J connectivity index is 2.17. The number of oxazole rings is 2. The van der Waals surface area contributed by atoms with Crippen LogP contribution >= 0.6 is 0 Å². The second-order valence-electron chi connectivity index (χ2n) is 9.35. The first-order valence-electron chi connectivity index (χ1n) is 9.55. The highest BCUT2D eigenvalue weighted by Crippen LogP contribution is 2.43. The Morgan fingerprint density at radius 1 is 0.714 bits per heavy atom. The molecule has 0 aliphatic heterocycles. The predicted molar refractivity (Wildman–Crippen MR) is 112 cm³/mol. The lowest BCUT2D eigenvalue weighted by Crippen LogP contribution is -2.14. The average molecular weight is 374 g/mol. The molecule has 4 rings (SSSR count).